The van der Waals surface area contributed by atoms with Crippen molar-refractivity contribution in [1.29, 1.82) is 0 Å². The Labute approximate surface area is 137 Å². The summed E-state index contributed by atoms with van der Waals surface area (Å²) in [5.41, 5.74) is 5.93. The smallest absolute Gasteiger partial charge is 0.223 e. The van der Waals surface area contributed by atoms with Gasteiger partial charge in [0.25, 0.3) is 0 Å². The molecule has 1 saturated carbocycles. The third kappa shape index (κ3) is 4.05. The molecular weight excluding hydrogens is 304 g/mol. The molecule has 1 fully saturated rings. The topological polar surface area (TPSA) is 73.6 Å². The van der Waals surface area contributed by atoms with Crippen LogP contribution in [0.25, 0.3) is 0 Å². The highest BCUT2D eigenvalue weighted by molar-refractivity contribution is 5.85. The van der Waals surface area contributed by atoms with Crippen LogP contribution in [-0.2, 0) is 4.79 Å². The van der Waals surface area contributed by atoms with Crippen molar-refractivity contribution in [1.82, 2.24) is 5.32 Å². The maximum atomic E-state index is 12.2. The highest BCUT2D eigenvalue weighted by atomic mass is 35.5. The molecule has 0 bridgehead atoms. The molecule has 122 valence electrons. The number of amides is 1. The molecule has 5 nitrogen and oxygen atoms in total. The van der Waals surface area contributed by atoms with Gasteiger partial charge in [-0.15, -0.1) is 12.4 Å². The molecule has 1 aromatic carbocycles. The van der Waals surface area contributed by atoms with Crippen molar-refractivity contribution < 1.29 is 14.3 Å². The largest absolute Gasteiger partial charge is 0.486 e. The predicted octanol–water partition coefficient (Wildman–Crippen LogP) is 1.88. The number of nitrogens with one attached hydrogen (secondary N) is 1. The summed E-state index contributed by atoms with van der Waals surface area (Å²) in [7, 11) is 0. The van der Waals surface area contributed by atoms with Gasteiger partial charge in [0, 0.05) is 12.0 Å². The molecule has 1 aliphatic carbocycles. The average Bonchev–Trinajstić information content (AvgIpc) is 2.52. The highest BCUT2D eigenvalue weighted by Crippen LogP contribution is 2.30. The minimum atomic E-state index is -0.138. The van der Waals surface area contributed by atoms with Gasteiger partial charge in [-0.05, 0) is 31.4 Å². The van der Waals surface area contributed by atoms with Crippen molar-refractivity contribution in [3.63, 3.8) is 0 Å². The minimum absolute atomic E-state index is 0. The maximum absolute atomic E-state index is 12.2. The zero-order chi connectivity index (χ0) is 14.7. The number of fused-ring (bicyclic) bond motifs is 1. The van der Waals surface area contributed by atoms with E-state index in [1.807, 2.05) is 24.3 Å². The summed E-state index contributed by atoms with van der Waals surface area (Å²) >= 11 is 0. The van der Waals surface area contributed by atoms with E-state index >= 15 is 0 Å². The van der Waals surface area contributed by atoms with Crippen molar-refractivity contribution in [3.05, 3.63) is 24.3 Å². The zero-order valence-electron chi connectivity index (χ0n) is 12.5. The fourth-order valence-corrected chi connectivity index (χ4v) is 2.99. The molecular formula is C16H23ClN2O3. The van der Waals surface area contributed by atoms with Crippen molar-refractivity contribution in [3.8, 4) is 11.5 Å². The maximum Gasteiger partial charge on any atom is 0.223 e. The number of halogens is 1. The lowest BCUT2D eigenvalue weighted by atomic mass is 9.85. The van der Waals surface area contributed by atoms with Crippen LogP contribution in [0.2, 0.25) is 0 Å². The number of nitrogens with two attached hydrogens (primary N) is 1. The van der Waals surface area contributed by atoms with Crippen LogP contribution in [0.5, 0.6) is 11.5 Å². The summed E-state index contributed by atoms with van der Waals surface area (Å²) in [5, 5.41) is 2.97. The van der Waals surface area contributed by atoms with Gasteiger partial charge in [-0.2, -0.15) is 0 Å². The summed E-state index contributed by atoms with van der Waals surface area (Å²) in [5.74, 6) is 1.64. The molecule has 3 N–H and O–H groups in total. The molecule has 0 saturated heterocycles. The SMILES string of the molecule is Cl.NC1CCCC(C(=O)NCC2COc3ccccc3O2)C1. The van der Waals surface area contributed by atoms with Crippen LogP contribution >= 0.6 is 12.4 Å². The first-order valence-corrected chi connectivity index (χ1v) is 7.64. The van der Waals surface area contributed by atoms with Gasteiger partial charge in [0.15, 0.2) is 11.5 Å². The Morgan fingerprint density at radius 3 is 2.82 bits per heavy atom. The molecule has 22 heavy (non-hydrogen) atoms. The van der Waals surface area contributed by atoms with E-state index < -0.39 is 0 Å². The average molecular weight is 327 g/mol. The van der Waals surface area contributed by atoms with Crippen LogP contribution in [0, 0.1) is 5.92 Å². The normalized spacial score (nSPS) is 26.7. The fourth-order valence-electron chi connectivity index (χ4n) is 2.99. The minimum Gasteiger partial charge on any atom is -0.486 e. The van der Waals surface area contributed by atoms with Crippen LogP contribution in [0.3, 0.4) is 0 Å². The third-order valence-corrected chi connectivity index (χ3v) is 4.16. The van der Waals surface area contributed by atoms with Gasteiger partial charge >= 0.3 is 0 Å². The molecule has 1 aliphatic heterocycles. The summed E-state index contributed by atoms with van der Waals surface area (Å²) in [6.07, 6.45) is 3.65. The first kappa shape index (κ1) is 16.9. The van der Waals surface area contributed by atoms with E-state index in [1.54, 1.807) is 0 Å². The summed E-state index contributed by atoms with van der Waals surface area (Å²) in [4.78, 5) is 12.2. The molecule has 0 spiro atoms. The van der Waals surface area contributed by atoms with Gasteiger partial charge < -0.3 is 20.5 Å². The molecule has 6 heteroatoms. The first-order chi connectivity index (χ1) is 10.2. The first-order valence-electron chi connectivity index (χ1n) is 7.64. The number of rotatable bonds is 3. The number of ether oxygens (including phenoxy) is 2. The Hall–Kier alpha value is -1.46. The molecule has 3 rings (SSSR count). The lowest BCUT2D eigenvalue weighted by Crippen LogP contribution is -2.44. The van der Waals surface area contributed by atoms with Crippen LogP contribution in [0.15, 0.2) is 24.3 Å². The van der Waals surface area contributed by atoms with Crippen molar-refractivity contribution in [2.75, 3.05) is 13.2 Å². The Bertz CT molecular complexity index is 512. The number of carbonyl (C=O) groups excluding carboxylic acids is 1. The second-order valence-corrected chi connectivity index (χ2v) is 5.87. The van der Waals surface area contributed by atoms with Gasteiger partial charge in [-0.1, -0.05) is 18.6 Å². The number of benzene rings is 1. The van der Waals surface area contributed by atoms with Crippen molar-refractivity contribution in [2.24, 2.45) is 11.7 Å². The van der Waals surface area contributed by atoms with Crippen LogP contribution in [0.4, 0.5) is 0 Å². The van der Waals surface area contributed by atoms with E-state index in [9.17, 15) is 4.79 Å². The van der Waals surface area contributed by atoms with E-state index in [0.717, 1.165) is 37.2 Å². The van der Waals surface area contributed by atoms with E-state index in [0.29, 0.717) is 13.2 Å². The predicted molar refractivity (Wildman–Crippen MR) is 86.5 cm³/mol. The third-order valence-electron chi connectivity index (χ3n) is 4.16. The van der Waals surface area contributed by atoms with E-state index in [1.165, 1.54) is 0 Å². The van der Waals surface area contributed by atoms with Gasteiger partial charge in [0.2, 0.25) is 5.91 Å². The van der Waals surface area contributed by atoms with E-state index in [-0.39, 0.29) is 36.4 Å². The zero-order valence-corrected chi connectivity index (χ0v) is 13.3. The lowest BCUT2D eigenvalue weighted by molar-refractivity contribution is -0.126. The van der Waals surface area contributed by atoms with Gasteiger partial charge in [0.05, 0.1) is 6.54 Å². The lowest BCUT2D eigenvalue weighted by Gasteiger charge is -2.29. The summed E-state index contributed by atoms with van der Waals surface area (Å²) in [6.45, 7) is 0.931. The Balaban J connectivity index is 0.00000176. The van der Waals surface area contributed by atoms with Gasteiger partial charge in [0.1, 0.15) is 12.7 Å². The number of carbonyl (C=O) groups is 1. The standard InChI is InChI=1S/C16H22N2O3.ClH/c17-12-5-3-4-11(8-12)16(19)18-9-13-10-20-14-6-1-2-7-15(14)21-13;/h1-2,6-7,11-13H,3-5,8-10,17H2,(H,18,19);1H. The molecule has 1 heterocycles. The monoisotopic (exact) mass is 326 g/mol. The van der Waals surface area contributed by atoms with E-state index in [2.05, 4.69) is 5.32 Å². The summed E-state index contributed by atoms with van der Waals surface area (Å²) < 4.78 is 11.5. The molecule has 2 aliphatic rings. The van der Waals surface area contributed by atoms with Crippen molar-refractivity contribution >= 4 is 18.3 Å². The number of para-hydroxylation sites is 2. The Kier molecular flexibility index (Phi) is 5.91. The van der Waals surface area contributed by atoms with Crippen molar-refractivity contribution in [2.45, 2.75) is 37.8 Å². The second kappa shape index (κ2) is 7.70. The quantitative estimate of drug-likeness (QED) is 0.889. The molecule has 1 amide bonds. The Morgan fingerprint density at radius 1 is 1.27 bits per heavy atom. The van der Waals surface area contributed by atoms with Gasteiger partial charge in [-0.3, -0.25) is 4.79 Å². The van der Waals surface area contributed by atoms with E-state index in [4.69, 9.17) is 15.2 Å². The summed E-state index contributed by atoms with van der Waals surface area (Å²) in [6, 6.07) is 7.75. The molecule has 1 aromatic rings. The molecule has 3 atom stereocenters. The van der Waals surface area contributed by atoms with Crippen LogP contribution in [0.1, 0.15) is 25.7 Å². The Morgan fingerprint density at radius 2 is 2.05 bits per heavy atom. The molecule has 0 radical (unpaired) electrons. The highest BCUT2D eigenvalue weighted by Gasteiger charge is 2.27. The fraction of sp³-hybridized carbons (Fsp3) is 0.562. The second-order valence-electron chi connectivity index (χ2n) is 5.87. The molecule has 0 aromatic heterocycles. The molecule has 3 unspecified atom stereocenters. The van der Waals surface area contributed by atoms with Gasteiger partial charge in [-0.25, -0.2) is 0 Å². The number of hydrogen-bond donors (Lipinski definition) is 2. The van der Waals surface area contributed by atoms with Crippen LogP contribution < -0.4 is 20.5 Å². The number of hydrogen-bond acceptors (Lipinski definition) is 4. The van der Waals surface area contributed by atoms with Crippen LogP contribution in [-0.4, -0.2) is 31.2 Å².